The quantitative estimate of drug-likeness (QED) is 0.540. The minimum atomic E-state index is -2.55. The van der Waals surface area contributed by atoms with Crippen LogP contribution in [-0.2, 0) is 19.6 Å². The highest BCUT2D eigenvalue weighted by molar-refractivity contribution is 7.80. The van der Waals surface area contributed by atoms with Gasteiger partial charge in [0.2, 0.25) is 0 Å². The minimum absolute atomic E-state index is 0.0662. The summed E-state index contributed by atoms with van der Waals surface area (Å²) in [6.07, 6.45) is 0.793. The fraction of sp³-hybridized carbons (Fsp3) is 0.400. The van der Waals surface area contributed by atoms with Crippen molar-refractivity contribution in [1.82, 2.24) is 10.2 Å². The van der Waals surface area contributed by atoms with Gasteiger partial charge < -0.3 is 10.1 Å². The maximum Gasteiger partial charge on any atom is 0.255 e. The summed E-state index contributed by atoms with van der Waals surface area (Å²) in [5.41, 5.74) is 5.75. The van der Waals surface area contributed by atoms with Crippen LogP contribution in [-0.4, -0.2) is 29.0 Å². The van der Waals surface area contributed by atoms with Crippen molar-refractivity contribution in [2.24, 2.45) is 5.92 Å². The van der Waals surface area contributed by atoms with Crippen LogP contribution in [0.4, 0.5) is 8.78 Å². The Bertz CT molecular complexity index is 974. The summed E-state index contributed by atoms with van der Waals surface area (Å²) in [6, 6.07) is 14.4. The molecular weight excluding hydrogens is 414 g/mol. The molecule has 1 fully saturated rings. The smallest absolute Gasteiger partial charge is 0.255 e. The molecule has 1 saturated carbocycles. The SMILES string of the molecule is C=C1CN(Cc2ccc(CNC(=S)CC)cc2)Cc2ccc(OCC3CC3(F)F)cc21. The normalized spacial score (nSPS) is 19.6. The largest absolute Gasteiger partial charge is 0.493 e. The van der Waals surface area contributed by atoms with Crippen molar-refractivity contribution in [3.05, 3.63) is 71.3 Å². The van der Waals surface area contributed by atoms with Crippen LogP contribution in [0.1, 0.15) is 42.0 Å². The van der Waals surface area contributed by atoms with Crippen LogP contribution in [0.25, 0.3) is 5.57 Å². The molecule has 0 radical (unpaired) electrons. The second-order valence-electron chi connectivity index (χ2n) is 8.49. The molecule has 0 saturated heterocycles. The Kier molecular flexibility index (Phi) is 6.39. The molecule has 1 aliphatic carbocycles. The lowest BCUT2D eigenvalue weighted by Crippen LogP contribution is -2.29. The van der Waals surface area contributed by atoms with Crippen LogP contribution in [0.3, 0.4) is 0 Å². The van der Waals surface area contributed by atoms with E-state index in [-0.39, 0.29) is 13.0 Å². The van der Waals surface area contributed by atoms with Gasteiger partial charge in [-0.05, 0) is 46.4 Å². The number of nitrogens with one attached hydrogen (secondary N) is 1. The number of hydrogen-bond acceptors (Lipinski definition) is 3. The molecule has 2 aliphatic rings. The highest BCUT2D eigenvalue weighted by atomic mass is 32.1. The summed E-state index contributed by atoms with van der Waals surface area (Å²) in [4.78, 5) is 3.24. The van der Waals surface area contributed by atoms with E-state index in [1.165, 1.54) is 16.7 Å². The second kappa shape index (κ2) is 9.05. The third kappa shape index (κ3) is 5.49. The molecule has 1 heterocycles. The van der Waals surface area contributed by atoms with Crippen molar-refractivity contribution in [3.63, 3.8) is 0 Å². The molecule has 1 atom stereocenters. The zero-order chi connectivity index (χ0) is 22.0. The van der Waals surface area contributed by atoms with Gasteiger partial charge >= 0.3 is 0 Å². The number of halogens is 2. The van der Waals surface area contributed by atoms with E-state index >= 15 is 0 Å². The van der Waals surface area contributed by atoms with Gasteiger partial charge in [0, 0.05) is 32.6 Å². The topological polar surface area (TPSA) is 24.5 Å². The summed E-state index contributed by atoms with van der Waals surface area (Å²) in [7, 11) is 0. The van der Waals surface area contributed by atoms with Gasteiger partial charge in [-0.2, -0.15) is 0 Å². The lowest BCUT2D eigenvalue weighted by Gasteiger charge is -2.30. The van der Waals surface area contributed by atoms with E-state index in [0.29, 0.717) is 5.75 Å². The van der Waals surface area contributed by atoms with Crippen molar-refractivity contribution in [2.45, 2.75) is 45.3 Å². The van der Waals surface area contributed by atoms with Crippen LogP contribution in [0, 0.1) is 5.92 Å². The van der Waals surface area contributed by atoms with Gasteiger partial charge in [0.05, 0.1) is 17.5 Å². The Morgan fingerprint density at radius 3 is 2.58 bits per heavy atom. The number of hydrogen-bond donors (Lipinski definition) is 1. The second-order valence-corrected chi connectivity index (χ2v) is 8.98. The molecule has 164 valence electrons. The summed E-state index contributed by atoms with van der Waals surface area (Å²) in [6.45, 7) is 9.55. The summed E-state index contributed by atoms with van der Waals surface area (Å²) in [5.74, 6) is -2.55. The number of thiocarbonyl (C=S) groups is 1. The van der Waals surface area contributed by atoms with Crippen molar-refractivity contribution in [3.8, 4) is 5.75 Å². The van der Waals surface area contributed by atoms with E-state index in [0.717, 1.165) is 48.7 Å². The molecule has 31 heavy (non-hydrogen) atoms. The van der Waals surface area contributed by atoms with Crippen LogP contribution in [0.15, 0.2) is 49.0 Å². The lowest BCUT2D eigenvalue weighted by atomic mass is 9.95. The summed E-state index contributed by atoms with van der Waals surface area (Å²) < 4.78 is 31.7. The number of fused-ring (bicyclic) bond motifs is 1. The third-order valence-corrected chi connectivity index (χ3v) is 6.35. The first-order chi connectivity index (χ1) is 14.8. The predicted octanol–water partition coefficient (Wildman–Crippen LogP) is 5.58. The Hall–Kier alpha value is -2.31. The fourth-order valence-electron chi connectivity index (χ4n) is 3.87. The van der Waals surface area contributed by atoms with Crippen LogP contribution < -0.4 is 10.1 Å². The predicted molar refractivity (Wildman–Crippen MR) is 124 cm³/mol. The van der Waals surface area contributed by atoms with Crippen molar-refractivity contribution in [2.75, 3.05) is 13.2 Å². The third-order valence-electron chi connectivity index (χ3n) is 5.92. The molecule has 1 aliphatic heterocycles. The van der Waals surface area contributed by atoms with E-state index < -0.39 is 11.8 Å². The molecule has 6 heteroatoms. The average molecular weight is 443 g/mol. The Morgan fingerprint density at radius 1 is 1.19 bits per heavy atom. The molecule has 0 aromatic heterocycles. The van der Waals surface area contributed by atoms with Gasteiger partial charge in [-0.25, -0.2) is 8.78 Å². The van der Waals surface area contributed by atoms with Crippen molar-refractivity contribution < 1.29 is 13.5 Å². The first-order valence-corrected chi connectivity index (χ1v) is 11.1. The molecular formula is C25H28F2N2OS. The van der Waals surface area contributed by atoms with Crippen LogP contribution in [0.2, 0.25) is 0 Å². The molecule has 1 unspecified atom stereocenters. The van der Waals surface area contributed by atoms with Gasteiger partial charge in [-0.15, -0.1) is 0 Å². The maximum absolute atomic E-state index is 13.1. The average Bonchev–Trinajstić information content (AvgIpc) is 3.38. The van der Waals surface area contributed by atoms with Gasteiger partial charge in [-0.1, -0.05) is 56.1 Å². The Balaban J connectivity index is 1.33. The molecule has 2 aromatic rings. The molecule has 4 rings (SSSR count). The minimum Gasteiger partial charge on any atom is -0.493 e. The van der Waals surface area contributed by atoms with Gasteiger partial charge in [0.15, 0.2) is 0 Å². The number of ether oxygens (including phenoxy) is 1. The van der Waals surface area contributed by atoms with E-state index in [2.05, 4.69) is 41.1 Å². The van der Waals surface area contributed by atoms with Gasteiger partial charge in [-0.3, -0.25) is 4.90 Å². The number of rotatable bonds is 8. The van der Waals surface area contributed by atoms with Crippen molar-refractivity contribution >= 4 is 22.8 Å². The maximum atomic E-state index is 13.1. The standard InChI is InChI=1S/C25H28F2N2OS/c1-3-24(31)28-12-18-4-6-19(7-5-18)14-29-13-17(2)23-10-22(9-8-20(23)15-29)30-16-21-11-25(21,26)27/h4-10,21H,2-3,11-16H2,1H3,(H,28,31). The van der Waals surface area contributed by atoms with Gasteiger partial charge in [0.25, 0.3) is 5.92 Å². The van der Waals surface area contributed by atoms with E-state index in [1.807, 2.05) is 25.1 Å². The molecule has 2 aromatic carbocycles. The molecule has 1 N–H and O–H groups in total. The van der Waals surface area contributed by atoms with Gasteiger partial charge in [0.1, 0.15) is 5.75 Å². The summed E-state index contributed by atoms with van der Waals surface area (Å²) in [5, 5.41) is 3.26. The van der Waals surface area contributed by atoms with E-state index in [1.54, 1.807) is 0 Å². The number of benzene rings is 2. The highest BCUT2D eigenvalue weighted by Gasteiger charge is 2.57. The fourth-order valence-corrected chi connectivity index (χ4v) is 3.94. The zero-order valence-corrected chi connectivity index (χ0v) is 18.6. The molecule has 3 nitrogen and oxygen atoms in total. The zero-order valence-electron chi connectivity index (χ0n) is 17.8. The number of alkyl halides is 2. The molecule has 0 amide bonds. The van der Waals surface area contributed by atoms with E-state index in [4.69, 9.17) is 17.0 Å². The lowest BCUT2D eigenvalue weighted by molar-refractivity contribution is 0.0856. The first kappa shape index (κ1) is 21.9. The Labute approximate surface area is 188 Å². The molecule has 0 bridgehead atoms. The van der Waals surface area contributed by atoms with E-state index in [9.17, 15) is 8.78 Å². The van der Waals surface area contributed by atoms with Crippen molar-refractivity contribution in [1.29, 1.82) is 0 Å². The molecule has 0 spiro atoms. The first-order valence-electron chi connectivity index (χ1n) is 10.7. The Morgan fingerprint density at radius 2 is 1.90 bits per heavy atom. The van der Waals surface area contributed by atoms with Crippen LogP contribution >= 0.6 is 12.2 Å². The van der Waals surface area contributed by atoms with Crippen LogP contribution in [0.5, 0.6) is 5.75 Å². The number of nitrogens with zero attached hydrogens (tertiary/aromatic N) is 1. The highest BCUT2D eigenvalue weighted by Crippen LogP contribution is 2.48. The summed E-state index contributed by atoms with van der Waals surface area (Å²) >= 11 is 5.21. The monoisotopic (exact) mass is 442 g/mol.